The van der Waals surface area contributed by atoms with Gasteiger partial charge in [0.15, 0.2) is 12.4 Å². The van der Waals surface area contributed by atoms with Crippen LogP contribution in [0.1, 0.15) is 187 Å². The summed E-state index contributed by atoms with van der Waals surface area (Å²) in [6.45, 7) is 4.53. The van der Waals surface area contributed by atoms with Crippen LogP contribution in [0.15, 0.2) is 122 Å². The number of aliphatic carboxylic acids is 1. The van der Waals surface area contributed by atoms with E-state index >= 15 is 0 Å². The highest BCUT2D eigenvalue weighted by Crippen LogP contribution is 2.12. The molecule has 0 heterocycles. The van der Waals surface area contributed by atoms with Crippen molar-refractivity contribution in [2.45, 2.75) is 200 Å². The molecule has 0 saturated carbocycles. The monoisotopic (exact) mass is 974 g/mol. The van der Waals surface area contributed by atoms with Gasteiger partial charge in [-0.25, -0.2) is 0 Å². The summed E-state index contributed by atoms with van der Waals surface area (Å²) >= 11 is 0. The molecule has 0 aliphatic rings. The van der Waals surface area contributed by atoms with Gasteiger partial charge < -0.3 is 33.3 Å². The summed E-state index contributed by atoms with van der Waals surface area (Å²) in [4.78, 5) is 37.2. The Labute approximate surface area is 427 Å². The van der Waals surface area contributed by atoms with E-state index in [1.807, 2.05) is 27.2 Å². The van der Waals surface area contributed by atoms with Crippen molar-refractivity contribution in [3.8, 4) is 0 Å². The summed E-state index contributed by atoms with van der Waals surface area (Å²) in [6.07, 6.45) is 68.2. The zero-order valence-electron chi connectivity index (χ0n) is 44.8. The third-order valence-corrected chi connectivity index (χ3v) is 10.9. The molecule has 9 nitrogen and oxygen atoms in total. The highest BCUT2D eigenvalue weighted by Gasteiger charge is 2.21. The van der Waals surface area contributed by atoms with Crippen molar-refractivity contribution in [2.75, 3.05) is 47.5 Å². The largest absolute Gasteiger partial charge is 0.545 e. The molecule has 0 aromatic carbocycles. The van der Waals surface area contributed by atoms with E-state index in [0.29, 0.717) is 30.3 Å². The van der Waals surface area contributed by atoms with Crippen molar-refractivity contribution in [3.05, 3.63) is 122 Å². The molecule has 396 valence electrons. The summed E-state index contributed by atoms with van der Waals surface area (Å²) in [5.41, 5.74) is 0. The first-order valence-corrected chi connectivity index (χ1v) is 27.2. The Morgan fingerprint density at radius 2 is 0.829 bits per heavy atom. The summed E-state index contributed by atoms with van der Waals surface area (Å²) < 4.78 is 22.5. The van der Waals surface area contributed by atoms with Gasteiger partial charge in [0, 0.05) is 12.8 Å². The zero-order valence-corrected chi connectivity index (χ0v) is 44.8. The highest BCUT2D eigenvalue weighted by molar-refractivity contribution is 5.70. The number of hydrogen-bond donors (Lipinski definition) is 0. The van der Waals surface area contributed by atoms with Gasteiger partial charge in [-0.3, -0.25) is 9.59 Å². The molecule has 0 rings (SSSR count). The predicted molar refractivity (Wildman–Crippen MR) is 292 cm³/mol. The lowest BCUT2D eigenvalue weighted by molar-refractivity contribution is -0.870. The summed E-state index contributed by atoms with van der Waals surface area (Å²) in [5.74, 6) is -2.39. The van der Waals surface area contributed by atoms with Crippen LogP contribution in [-0.4, -0.2) is 82.3 Å². The average Bonchev–Trinajstić information content (AvgIpc) is 3.33. The van der Waals surface area contributed by atoms with Crippen molar-refractivity contribution >= 4 is 17.9 Å². The number of ether oxygens (including phenoxy) is 4. The van der Waals surface area contributed by atoms with Gasteiger partial charge in [-0.2, -0.15) is 0 Å². The van der Waals surface area contributed by atoms with E-state index in [1.54, 1.807) is 0 Å². The maximum absolute atomic E-state index is 12.8. The molecule has 0 aliphatic heterocycles. The van der Waals surface area contributed by atoms with Crippen molar-refractivity contribution in [1.82, 2.24) is 0 Å². The van der Waals surface area contributed by atoms with Gasteiger partial charge in [0.1, 0.15) is 13.2 Å². The number of likely N-dealkylation sites (N-methyl/N-ethyl adjacent to an activating group) is 1. The molecule has 0 aromatic heterocycles. The molecule has 0 N–H and O–H groups in total. The molecule has 70 heavy (non-hydrogen) atoms. The average molecular weight is 974 g/mol. The third kappa shape index (κ3) is 51.5. The number of hydrogen-bond acceptors (Lipinski definition) is 8. The van der Waals surface area contributed by atoms with Crippen LogP contribution in [0, 0.1) is 0 Å². The van der Waals surface area contributed by atoms with Crippen LogP contribution in [0.2, 0.25) is 0 Å². The highest BCUT2D eigenvalue weighted by atomic mass is 16.7. The fraction of sp³-hybridized carbons (Fsp3) is 0.623. The van der Waals surface area contributed by atoms with E-state index in [2.05, 4.69) is 129 Å². The minimum atomic E-state index is -1.65. The van der Waals surface area contributed by atoms with E-state index in [1.165, 1.54) is 51.4 Å². The predicted octanol–water partition coefficient (Wildman–Crippen LogP) is 14.4. The SMILES string of the molecule is CC/C=C\C/C=C\C/C=C\C/C=C\C/C=C\C/C=C\C/C=C\C/C=C\C/C=C\CCCC(=O)OC(COC(=O)CCCCCCC/C=C\CCCCCCCCC)COC(OCC[N+](C)(C)C)C(=O)[O-]. The van der Waals surface area contributed by atoms with Gasteiger partial charge in [-0.1, -0.05) is 193 Å². The summed E-state index contributed by atoms with van der Waals surface area (Å²) in [7, 11) is 5.88. The van der Waals surface area contributed by atoms with E-state index in [9.17, 15) is 19.5 Å². The molecule has 0 aliphatic carbocycles. The van der Waals surface area contributed by atoms with Crippen LogP contribution >= 0.6 is 0 Å². The number of quaternary nitrogens is 1. The number of carbonyl (C=O) groups is 3. The Morgan fingerprint density at radius 1 is 0.443 bits per heavy atom. The topological polar surface area (TPSA) is 111 Å². The molecule has 0 bridgehead atoms. The fourth-order valence-electron chi connectivity index (χ4n) is 6.77. The standard InChI is InChI=1S/C61H99NO8/c1-6-8-10-12-14-16-18-20-22-24-25-26-27-28-29-30-31-32-33-34-35-36-38-40-42-44-46-48-50-52-59(64)70-57(56-69-61(60(65)66)67-54-53-62(3,4)5)55-68-58(63)51-49-47-45-43-41-39-37-23-21-19-17-15-13-11-9-7-2/h8,10,14,16,20,22-23,25-26,28-29,31-32,34-35,37-38,40,44,46,57,61H,6-7,9,11-13,15,17-19,21,24,27,30,33,36,39,41-43,45,47-56H2,1-5H3/b10-8-,16-14-,22-20-,26-25-,29-28-,32-31-,35-34-,37-23-,40-38-,46-44-. The van der Waals surface area contributed by atoms with Crippen LogP contribution in [0.4, 0.5) is 0 Å². The molecule has 0 amide bonds. The molecule has 0 radical (unpaired) electrons. The van der Waals surface area contributed by atoms with Gasteiger partial charge >= 0.3 is 11.9 Å². The normalized spacial score (nSPS) is 13.8. The number of nitrogens with zero attached hydrogens (tertiary/aromatic N) is 1. The van der Waals surface area contributed by atoms with Crippen LogP contribution in [0.3, 0.4) is 0 Å². The second-order valence-electron chi connectivity index (χ2n) is 18.8. The number of carboxylic acids is 1. The Kier molecular flexibility index (Phi) is 47.9. The second-order valence-corrected chi connectivity index (χ2v) is 18.8. The van der Waals surface area contributed by atoms with Crippen molar-refractivity contribution in [3.63, 3.8) is 0 Å². The fourth-order valence-corrected chi connectivity index (χ4v) is 6.77. The van der Waals surface area contributed by atoms with E-state index in [-0.39, 0.29) is 38.6 Å². The van der Waals surface area contributed by atoms with Crippen LogP contribution < -0.4 is 5.11 Å². The molecule has 0 saturated heterocycles. The lowest BCUT2D eigenvalue weighted by Gasteiger charge is -2.26. The maximum atomic E-state index is 12.8. The van der Waals surface area contributed by atoms with Crippen LogP contribution in [0.25, 0.3) is 0 Å². The molecule has 9 heteroatoms. The van der Waals surface area contributed by atoms with Gasteiger partial charge in [0.25, 0.3) is 0 Å². The Balaban J connectivity index is 4.45. The molecule has 2 atom stereocenters. The van der Waals surface area contributed by atoms with E-state index in [4.69, 9.17) is 18.9 Å². The van der Waals surface area contributed by atoms with Gasteiger partial charge in [-0.15, -0.1) is 0 Å². The number of carbonyl (C=O) groups excluding carboxylic acids is 3. The lowest BCUT2D eigenvalue weighted by atomic mass is 10.1. The lowest BCUT2D eigenvalue weighted by Crippen LogP contribution is -2.44. The van der Waals surface area contributed by atoms with Crippen molar-refractivity contribution < 1.29 is 42.9 Å². The summed E-state index contributed by atoms with van der Waals surface area (Å²) in [5, 5.41) is 11.7. The Hall–Kier alpha value is -4.31. The first kappa shape index (κ1) is 65.7. The molecule has 0 aromatic rings. The zero-order chi connectivity index (χ0) is 51.3. The number of carboxylic acid groups (broad SMARTS) is 1. The van der Waals surface area contributed by atoms with Crippen LogP contribution in [0.5, 0.6) is 0 Å². The Morgan fingerprint density at radius 3 is 1.27 bits per heavy atom. The quantitative estimate of drug-likeness (QED) is 0.0195. The van der Waals surface area contributed by atoms with Gasteiger partial charge in [-0.05, 0) is 103 Å². The van der Waals surface area contributed by atoms with Crippen molar-refractivity contribution in [1.29, 1.82) is 0 Å². The minimum absolute atomic E-state index is 0.129. The van der Waals surface area contributed by atoms with E-state index in [0.717, 1.165) is 89.9 Å². The molecule has 0 fully saturated rings. The number of esters is 2. The summed E-state index contributed by atoms with van der Waals surface area (Å²) in [6, 6.07) is 0. The molecule has 2 unspecified atom stereocenters. The van der Waals surface area contributed by atoms with E-state index < -0.39 is 24.3 Å². The second kappa shape index (κ2) is 51.1. The van der Waals surface area contributed by atoms with Crippen molar-refractivity contribution in [2.24, 2.45) is 0 Å². The van der Waals surface area contributed by atoms with Crippen LogP contribution in [-0.2, 0) is 33.3 Å². The smallest absolute Gasteiger partial charge is 0.306 e. The molecular formula is C61H99NO8. The first-order chi connectivity index (χ1) is 34.1. The number of allylic oxidation sites excluding steroid dienone is 20. The third-order valence-electron chi connectivity index (χ3n) is 10.9. The minimum Gasteiger partial charge on any atom is -0.545 e. The maximum Gasteiger partial charge on any atom is 0.306 e. The number of rotatable bonds is 48. The van der Waals surface area contributed by atoms with Gasteiger partial charge in [0.05, 0.1) is 40.3 Å². The first-order valence-electron chi connectivity index (χ1n) is 27.2. The molecule has 0 spiro atoms. The number of unbranched alkanes of at least 4 members (excludes halogenated alkanes) is 13. The Bertz CT molecular complexity index is 1560. The van der Waals surface area contributed by atoms with Gasteiger partial charge in [0.2, 0.25) is 0 Å². The molecular weight excluding hydrogens is 875 g/mol.